The Morgan fingerprint density at radius 2 is 1.70 bits per heavy atom. The SMILES string of the molecule is CN(c1ccc(N)cc1)S(=O)(=O)CCc1ccncc1. The van der Waals surface area contributed by atoms with E-state index >= 15 is 0 Å². The zero-order valence-electron chi connectivity index (χ0n) is 11.2. The summed E-state index contributed by atoms with van der Waals surface area (Å²) in [6.07, 6.45) is 3.78. The summed E-state index contributed by atoms with van der Waals surface area (Å²) < 4.78 is 25.8. The fraction of sp³-hybridized carbons (Fsp3) is 0.214. The molecule has 2 N–H and O–H groups in total. The Balaban J connectivity index is 2.08. The van der Waals surface area contributed by atoms with Crippen LogP contribution in [0.5, 0.6) is 0 Å². The van der Waals surface area contributed by atoms with Crippen molar-refractivity contribution in [2.75, 3.05) is 22.8 Å². The fourth-order valence-corrected chi connectivity index (χ4v) is 2.99. The van der Waals surface area contributed by atoms with E-state index in [9.17, 15) is 8.42 Å². The lowest BCUT2D eigenvalue weighted by Gasteiger charge is -2.19. The van der Waals surface area contributed by atoms with E-state index < -0.39 is 10.0 Å². The lowest BCUT2D eigenvalue weighted by Crippen LogP contribution is -2.29. The first kappa shape index (κ1) is 14.3. The van der Waals surface area contributed by atoms with E-state index in [-0.39, 0.29) is 5.75 Å². The van der Waals surface area contributed by atoms with Gasteiger partial charge in [0.2, 0.25) is 10.0 Å². The molecule has 2 aromatic rings. The van der Waals surface area contributed by atoms with Gasteiger partial charge in [0.15, 0.2) is 0 Å². The van der Waals surface area contributed by atoms with Crippen LogP contribution in [0.4, 0.5) is 11.4 Å². The van der Waals surface area contributed by atoms with E-state index in [2.05, 4.69) is 4.98 Å². The quantitative estimate of drug-likeness (QED) is 0.850. The van der Waals surface area contributed by atoms with Crippen molar-refractivity contribution in [3.05, 3.63) is 54.4 Å². The summed E-state index contributed by atoms with van der Waals surface area (Å²) in [5, 5.41) is 0. The Morgan fingerprint density at radius 1 is 1.10 bits per heavy atom. The van der Waals surface area contributed by atoms with Crippen LogP contribution in [0.2, 0.25) is 0 Å². The average Bonchev–Trinajstić information content (AvgIpc) is 2.46. The maximum atomic E-state index is 12.3. The van der Waals surface area contributed by atoms with E-state index in [1.165, 1.54) is 4.31 Å². The molecule has 0 spiro atoms. The summed E-state index contributed by atoms with van der Waals surface area (Å²) >= 11 is 0. The molecule has 1 aromatic carbocycles. The molecule has 0 saturated carbocycles. The van der Waals surface area contributed by atoms with Gasteiger partial charge >= 0.3 is 0 Å². The topological polar surface area (TPSA) is 76.3 Å². The molecule has 0 amide bonds. The summed E-state index contributed by atoms with van der Waals surface area (Å²) in [5.74, 6) is 0.0535. The minimum atomic E-state index is -3.35. The molecule has 1 aromatic heterocycles. The Hall–Kier alpha value is -2.08. The van der Waals surface area contributed by atoms with Crippen molar-refractivity contribution >= 4 is 21.4 Å². The molecule has 6 heteroatoms. The highest BCUT2D eigenvalue weighted by molar-refractivity contribution is 7.92. The van der Waals surface area contributed by atoms with Crippen molar-refractivity contribution in [1.29, 1.82) is 0 Å². The summed E-state index contributed by atoms with van der Waals surface area (Å²) in [6, 6.07) is 10.4. The van der Waals surface area contributed by atoms with Gasteiger partial charge in [0.25, 0.3) is 0 Å². The van der Waals surface area contributed by atoms with E-state index in [0.717, 1.165) is 5.56 Å². The van der Waals surface area contributed by atoms with Crippen LogP contribution < -0.4 is 10.0 Å². The maximum absolute atomic E-state index is 12.3. The highest BCUT2D eigenvalue weighted by Gasteiger charge is 2.18. The standard InChI is InChI=1S/C14H17N3O2S/c1-17(14-4-2-13(15)3-5-14)20(18,19)11-8-12-6-9-16-10-7-12/h2-7,9-10H,8,11,15H2,1H3. The average molecular weight is 291 g/mol. The molecule has 0 fully saturated rings. The van der Waals surface area contributed by atoms with Gasteiger partial charge in [0, 0.05) is 25.1 Å². The number of aromatic nitrogens is 1. The molecule has 1 heterocycles. The van der Waals surface area contributed by atoms with Gasteiger partial charge < -0.3 is 5.73 Å². The predicted molar refractivity (Wildman–Crippen MR) is 81.0 cm³/mol. The van der Waals surface area contributed by atoms with Crippen LogP contribution in [0.1, 0.15) is 5.56 Å². The monoisotopic (exact) mass is 291 g/mol. The molecule has 0 atom stereocenters. The van der Waals surface area contributed by atoms with E-state index in [1.807, 2.05) is 12.1 Å². The van der Waals surface area contributed by atoms with Gasteiger partial charge in [-0.05, 0) is 48.4 Å². The number of hydrogen-bond acceptors (Lipinski definition) is 4. The second-order valence-electron chi connectivity index (χ2n) is 4.48. The number of hydrogen-bond donors (Lipinski definition) is 1. The van der Waals surface area contributed by atoms with E-state index in [1.54, 1.807) is 43.7 Å². The van der Waals surface area contributed by atoms with Crippen molar-refractivity contribution in [2.24, 2.45) is 0 Å². The lowest BCUT2D eigenvalue weighted by atomic mass is 10.2. The van der Waals surface area contributed by atoms with Gasteiger partial charge in [0.05, 0.1) is 11.4 Å². The lowest BCUT2D eigenvalue weighted by molar-refractivity contribution is 0.593. The highest BCUT2D eigenvalue weighted by Crippen LogP contribution is 2.18. The second kappa shape index (κ2) is 5.92. The van der Waals surface area contributed by atoms with Crippen LogP contribution in [0, 0.1) is 0 Å². The number of pyridine rings is 1. The number of aryl methyl sites for hydroxylation is 1. The molecule has 0 aliphatic rings. The van der Waals surface area contributed by atoms with Crippen molar-refractivity contribution in [3.63, 3.8) is 0 Å². The second-order valence-corrected chi connectivity index (χ2v) is 6.60. The predicted octanol–water partition coefficient (Wildman–Crippen LogP) is 1.67. The normalized spacial score (nSPS) is 11.2. The maximum Gasteiger partial charge on any atom is 0.235 e. The minimum absolute atomic E-state index is 0.0535. The van der Waals surface area contributed by atoms with Crippen LogP contribution in [-0.2, 0) is 16.4 Å². The number of nitrogens with two attached hydrogens (primary N) is 1. The smallest absolute Gasteiger partial charge is 0.235 e. The molecule has 0 saturated heterocycles. The molecule has 2 rings (SSSR count). The van der Waals surface area contributed by atoms with Gasteiger partial charge in [-0.3, -0.25) is 9.29 Å². The van der Waals surface area contributed by atoms with Crippen LogP contribution in [-0.4, -0.2) is 26.2 Å². The number of benzene rings is 1. The molecule has 0 unspecified atom stereocenters. The third kappa shape index (κ3) is 3.48. The number of nitrogen functional groups attached to an aromatic ring is 1. The van der Waals surface area contributed by atoms with Crippen LogP contribution in [0.25, 0.3) is 0 Å². The number of nitrogens with zero attached hydrogens (tertiary/aromatic N) is 2. The molecule has 5 nitrogen and oxygen atoms in total. The molecular weight excluding hydrogens is 274 g/mol. The minimum Gasteiger partial charge on any atom is -0.399 e. The number of sulfonamides is 1. The molecule has 106 valence electrons. The van der Waals surface area contributed by atoms with Gasteiger partial charge in [-0.15, -0.1) is 0 Å². The van der Waals surface area contributed by atoms with Gasteiger partial charge in [-0.25, -0.2) is 8.42 Å². The van der Waals surface area contributed by atoms with Gasteiger partial charge in [0.1, 0.15) is 0 Å². The zero-order chi connectivity index (χ0) is 14.6. The fourth-order valence-electron chi connectivity index (χ4n) is 1.78. The van der Waals surface area contributed by atoms with Crippen LogP contribution >= 0.6 is 0 Å². The Bertz CT molecular complexity index is 655. The number of rotatable bonds is 5. The molecule has 0 bridgehead atoms. The number of anilines is 2. The molecule has 0 aliphatic carbocycles. The largest absolute Gasteiger partial charge is 0.399 e. The van der Waals surface area contributed by atoms with E-state index in [0.29, 0.717) is 17.8 Å². The third-order valence-corrected chi connectivity index (χ3v) is 4.84. The zero-order valence-corrected chi connectivity index (χ0v) is 12.0. The van der Waals surface area contributed by atoms with Crippen molar-refractivity contribution < 1.29 is 8.42 Å². The summed E-state index contributed by atoms with van der Waals surface area (Å²) in [7, 11) is -1.80. The Labute approximate surface area is 119 Å². The molecular formula is C14H17N3O2S. The summed E-state index contributed by atoms with van der Waals surface area (Å²) in [5.41, 5.74) is 7.76. The van der Waals surface area contributed by atoms with E-state index in [4.69, 9.17) is 5.73 Å². The molecule has 20 heavy (non-hydrogen) atoms. The molecule has 0 radical (unpaired) electrons. The Kier molecular flexibility index (Phi) is 4.24. The summed E-state index contributed by atoms with van der Waals surface area (Å²) in [4.78, 5) is 3.91. The Morgan fingerprint density at radius 3 is 2.30 bits per heavy atom. The van der Waals surface area contributed by atoms with Crippen LogP contribution in [0.15, 0.2) is 48.8 Å². The summed E-state index contributed by atoms with van der Waals surface area (Å²) in [6.45, 7) is 0. The van der Waals surface area contributed by atoms with Gasteiger partial charge in [-0.2, -0.15) is 0 Å². The third-order valence-electron chi connectivity index (χ3n) is 3.07. The van der Waals surface area contributed by atoms with Crippen molar-refractivity contribution in [3.8, 4) is 0 Å². The van der Waals surface area contributed by atoms with Crippen molar-refractivity contribution in [1.82, 2.24) is 4.98 Å². The first-order valence-corrected chi connectivity index (χ1v) is 7.81. The first-order valence-electron chi connectivity index (χ1n) is 6.20. The highest BCUT2D eigenvalue weighted by atomic mass is 32.2. The molecule has 0 aliphatic heterocycles. The first-order chi connectivity index (χ1) is 9.49. The van der Waals surface area contributed by atoms with Crippen molar-refractivity contribution in [2.45, 2.75) is 6.42 Å². The van der Waals surface area contributed by atoms with Gasteiger partial charge in [-0.1, -0.05) is 0 Å². The van der Waals surface area contributed by atoms with Crippen LogP contribution in [0.3, 0.4) is 0 Å².